The first-order valence-corrected chi connectivity index (χ1v) is 11.3. The molecule has 0 amide bonds. The Morgan fingerprint density at radius 2 is 1.85 bits per heavy atom. The van der Waals surface area contributed by atoms with Crippen LogP contribution in [0.4, 0.5) is 0 Å². The van der Waals surface area contributed by atoms with E-state index in [1.165, 1.54) is 6.26 Å². The Balaban J connectivity index is 0.00000625. The van der Waals surface area contributed by atoms with Crippen LogP contribution in [0.25, 0.3) is 0 Å². The molecule has 0 radical (unpaired) electrons. The van der Waals surface area contributed by atoms with Crippen LogP contribution in [0, 0.1) is 6.92 Å². The minimum atomic E-state index is -3.20. The molecule has 1 aromatic carbocycles. The molecular formula is C17H30IN3O3S2. The molecule has 0 aliphatic heterocycles. The number of sulfone groups is 1. The Bertz CT molecular complexity index is 757. The van der Waals surface area contributed by atoms with E-state index in [0.717, 1.165) is 11.1 Å². The molecule has 0 bridgehead atoms. The zero-order chi connectivity index (χ0) is 19.3. The van der Waals surface area contributed by atoms with E-state index in [1.807, 2.05) is 26.8 Å². The molecule has 150 valence electrons. The van der Waals surface area contributed by atoms with Crippen LogP contribution in [-0.2, 0) is 27.2 Å². The standard InChI is InChI=1S/C17H29N3O3S2.HI/c1-13-11-14(7-8-15(13)25(6,22)23)12-20-16(18-5)19-9-10-24(21)17(2,3)4;/h7-8,11H,9-10,12H2,1-6H3,(H2,18,19,20);1H. The number of aliphatic imine (C=N–C) groups is 1. The van der Waals surface area contributed by atoms with Crippen molar-refractivity contribution in [3.8, 4) is 0 Å². The van der Waals surface area contributed by atoms with Gasteiger partial charge in [0.25, 0.3) is 0 Å². The molecule has 1 atom stereocenters. The van der Waals surface area contributed by atoms with Crippen molar-refractivity contribution in [2.45, 2.75) is 43.9 Å². The molecule has 26 heavy (non-hydrogen) atoms. The van der Waals surface area contributed by atoms with Crippen LogP contribution in [0.15, 0.2) is 28.1 Å². The average Bonchev–Trinajstić information content (AvgIpc) is 2.48. The molecule has 0 aliphatic rings. The van der Waals surface area contributed by atoms with Crippen molar-refractivity contribution in [1.82, 2.24) is 10.6 Å². The summed E-state index contributed by atoms with van der Waals surface area (Å²) in [6, 6.07) is 5.27. The topological polar surface area (TPSA) is 87.6 Å². The third-order valence-electron chi connectivity index (χ3n) is 3.59. The van der Waals surface area contributed by atoms with Crippen molar-refractivity contribution in [2.24, 2.45) is 4.99 Å². The molecule has 1 aromatic rings. The molecule has 0 saturated carbocycles. The third-order valence-corrected chi connectivity index (χ3v) is 6.78. The van der Waals surface area contributed by atoms with Crippen LogP contribution in [0.3, 0.4) is 0 Å². The first kappa shape index (κ1) is 25.3. The van der Waals surface area contributed by atoms with Crippen molar-refractivity contribution in [1.29, 1.82) is 0 Å². The van der Waals surface area contributed by atoms with Gasteiger partial charge in [-0.25, -0.2) is 8.42 Å². The molecule has 0 aromatic heterocycles. The first-order valence-electron chi connectivity index (χ1n) is 8.07. The van der Waals surface area contributed by atoms with E-state index in [2.05, 4.69) is 15.6 Å². The predicted molar refractivity (Wildman–Crippen MR) is 121 cm³/mol. The van der Waals surface area contributed by atoms with E-state index >= 15 is 0 Å². The maximum Gasteiger partial charge on any atom is 0.191 e. The molecule has 9 heteroatoms. The molecular weight excluding hydrogens is 485 g/mol. The second-order valence-electron chi connectivity index (χ2n) is 6.89. The summed E-state index contributed by atoms with van der Waals surface area (Å²) in [6.07, 6.45) is 1.21. The van der Waals surface area contributed by atoms with E-state index in [4.69, 9.17) is 0 Å². The van der Waals surface area contributed by atoms with Crippen molar-refractivity contribution in [3.63, 3.8) is 0 Å². The summed E-state index contributed by atoms with van der Waals surface area (Å²) in [5.74, 6) is 1.17. The van der Waals surface area contributed by atoms with Crippen LogP contribution in [0.1, 0.15) is 31.9 Å². The Morgan fingerprint density at radius 3 is 2.31 bits per heavy atom. The van der Waals surface area contributed by atoms with E-state index in [1.54, 1.807) is 26.1 Å². The number of rotatable bonds is 6. The number of halogens is 1. The van der Waals surface area contributed by atoms with Gasteiger partial charge in [-0.1, -0.05) is 12.1 Å². The lowest BCUT2D eigenvalue weighted by molar-refractivity contribution is 0.601. The summed E-state index contributed by atoms with van der Waals surface area (Å²) in [5, 5.41) is 6.32. The van der Waals surface area contributed by atoms with Crippen molar-refractivity contribution in [3.05, 3.63) is 29.3 Å². The number of hydrogen-bond donors (Lipinski definition) is 2. The van der Waals surface area contributed by atoms with Crippen LogP contribution in [-0.4, -0.2) is 48.9 Å². The summed E-state index contributed by atoms with van der Waals surface area (Å²) >= 11 is 0. The number of aryl methyl sites for hydroxylation is 1. The minimum Gasteiger partial charge on any atom is -0.355 e. The Kier molecular flexibility index (Phi) is 10.3. The van der Waals surface area contributed by atoms with Gasteiger partial charge in [0, 0.05) is 47.7 Å². The predicted octanol–water partition coefficient (Wildman–Crippen LogP) is 2.23. The Hall–Kier alpha value is -0.680. The lowest BCUT2D eigenvalue weighted by Gasteiger charge is -2.18. The molecule has 1 unspecified atom stereocenters. The van der Waals surface area contributed by atoms with Gasteiger partial charge < -0.3 is 10.6 Å². The highest BCUT2D eigenvalue weighted by molar-refractivity contribution is 14.0. The van der Waals surface area contributed by atoms with E-state index in [0.29, 0.717) is 29.7 Å². The maximum absolute atomic E-state index is 12.0. The SMILES string of the molecule is CN=C(NCCS(=O)C(C)(C)C)NCc1ccc(S(C)(=O)=O)c(C)c1.I. The van der Waals surface area contributed by atoms with Gasteiger partial charge in [-0.2, -0.15) is 0 Å². The summed E-state index contributed by atoms with van der Waals surface area (Å²) in [5.41, 5.74) is 1.69. The van der Waals surface area contributed by atoms with E-state index in [-0.39, 0.29) is 28.7 Å². The van der Waals surface area contributed by atoms with Gasteiger partial charge in [-0.05, 0) is 44.9 Å². The second-order valence-corrected chi connectivity index (χ2v) is 11.2. The molecule has 0 aliphatic carbocycles. The van der Waals surface area contributed by atoms with Crippen LogP contribution in [0.2, 0.25) is 0 Å². The highest BCUT2D eigenvalue weighted by Crippen LogP contribution is 2.16. The van der Waals surface area contributed by atoms with Crippen molar-refractivity contribution >= 4 is 50.6 Å². The Labute approximate surface area is 177 Å². The smallest absolute Gasteiger partial charge is 0.191 e. The summed E-state index contributed by atoms with van der Waals surface area (Å²) in [4.78, 5) is 4.49. The summed E-state index contributed by atoms with van der Waals surface area (Å²) < 4.78 is 35.1. The van der Waals surface area contributed by atoms with Crippen LogP contribution >= 0.6 is 24.0 Å². The van der Waals surface area contributed by atoms with Crippen LogP contribution in [0.5, 0.6) is 0 Å². The quantitative estimate of drug-likeness (QED) is 0.345. The van der Waals surface area contributed by atoms with Gasteiger partial charge in [0.05, 0.1) is 4.90 Å². The van der Waals surface area contributed by atoms with Crippen molar-refractivity contribution in [2.75, 3.05) is 25.6 Å². The number of nitrogens with zero attached hydrogens (tertiary/aromatic N) is 1. The molecule has 6 nitrogen and oxygen atoms in total. The molecule has 0 saturated heterocycles. The van der Waals surface area contributed by atoms with Gasteiger partial charge in [0.1, 0.15) is 0 Å². The molecule has 1 rings (SSSR count). The lowest BCUT2D eigenvalue weighted by Crippen LogP contribution is -2.40. The van der Waals surface area contributed by atoms with E-state index in [9.17, 15) is 12.6 Å². The van der Waals surface area contributed by atoms with Crippen LogP contribution < -0.4 is 10.6 Å². The molecule has 0 spiro atoms. The average molecular weight is 515 g/mol. The van der Waals surface area contributed by atoms with Gasteiger partial charge in [0.2, 0.25) is 0 Å². The highest BCUT2D eigenvalue weighted by Gasteiger charge is 2.18. The molecule has 0 heterocycles. The van der Waals surface area contributed by atoms with Gasteiger partial charge in [0.15, 0.2) is 15.8 Å². The van der Waals surface area contributed by atoms with Crippen molar-refractivity contribution < 1.29 is 12.6 Å². The third kappa shape index (κ3) is 8.34. The van der Waals surface area contributed by atoms with E-state index < -0.39 is 20.6 Å². The fourth-order valence-corrected chi connectivity index (χ4v) is 4.07. The molecule has 0 fully saturated rings. The molecule has 2 N–H and O–H groups in total. The summed E-state index contributed by atoms with van der Waals surface area (Å²) in [6.45, 7) is 8.74. The zero-order valence-corrected chi connectivity index (χ0v) is 20.2. The van der Waals surface area contributed by atoms with Gasteiger partial charge in [-0.3, -0.25) is 9.20 Å². The fraction of sp³-hybridized carbons (Fsp3) is 0.588. The number of nitrogens with one attached hydrogen (secondary N) is 2. The highest BCUT2D eigenvalue weighted by atomic mass is 127. The largest absolute Gasteiger partial charge is 0.355 e. The monoisotopic (exact) mass is 515 g/mol. The number of hydrogen-bond acceptors (Lipinski definition) is 4. The fourth-order valence-electron chi connectivity index (χ4n) is 2.21. The van der Waals surface area contributed by atoms with Gasteiger partial charge >= 0.3 is 0 Å². The normalized spacial score (nSPS) is 13.7. The number of benzene rings is 1. The zero-order valence-electron chi connectivity index (χ0n) is 16.3. The minimum absolute atomic E-state index is 0. The second kappa shape index (κ2) is 10.6. The first-order chi connectivity index (χ1) is 11.4. The number of guanidine groups is 1. The van der Waals surface area contributed by atoms with Gasteiger partial charge in [-0.15, -0.1) is 24.0 Å². The Morgan fingerprint density at radius 1 is 1.23 bits per heavy atom. The summed E-state index contributed by atoms with van der Waals surface area (Å²) in [7, 11) is -2.44. The lowest BCUT2D eigenvalue weighted by atomic mass is 10.1. The maximum atomic E-state index is 12.0.